The summed E-state index contributed by atoms with van der Waals surface area (Å²) in [5.74, 6) is -0.0626. The van der Waals surface area contributed by atoms with E-state index in [1.165, 1.54) is 19.1 Å². The number of aryl methyl sites for hydroxylation is 1. The molecule has 1 aliphatic heterocycles. The monoisotopic (exact) mass is 261 g/mol. The van der Waals surface area contributed by atoms with Crippen LogP contribution >= 0.6 is 0 Å². The highest BCUT2D eigenvalue weighted by Crippen LogP contribution is 2.27. The summed E-state index contributed by atoms with van der Waals surface area (Å²) >= 11 is 0. The van der Waals surface area contributed by atoms with Crippen LogP contribution in [0, 0.1) is 5.92 Å². The van der Waals surface area contributed by atoms with E-state index in [0.717, 1.165) is 25.8 Å². The number of nitrogens with zero attached hydrogens (tertiary/aromatic N) is 1. The number of benzene rings is 1. The van der Waals surface area contributed by atoms with Gasteiger partial charge in [0.2, 0.25) is 0 Å². The molecule has 0 N–H and O–H groups in total. The standard InChI is InChI=1S/C16H23NO2/c1-17-12-6-9-15(17)14(16(18)19-2)11-10-13-7-4-3-5-8-13/h3-5,7-8,14-15H,6,9-12H2,1-2H3. The van der Waals surface area contributed by atoms with Crippen LogP contribution in [0.2, 0.25) is 0 Å². The Balaban J connectivity index is 2.00. The minimum absolute atomic E-state index is 0.00212. The number of hydrogen-bond donors (Lipinski definition) is 0. The third-order valence-corrected chi connectivity index (χ3v) is 4.13. The lowest BCUT2D eigenvalue weighted by atomic mass is 9.91. The Morgan fingerprint density at radius 2 is 2.16 bits per heavy atom. The predicted molar refractivity (Wildman–Crippen MR) is 75.9 cm³/mol. The SMILES string of the molecule is COC(=O)C(CCc1ccccc1)C1CCCN1C. The molecule has 2 rings (SSSR count). The molecule has 3 heteroatoms. The molecule has 0 amide bonds. The van der Waals surface area contributed by atoms with Gasteiger partial charge in [-0.3, -0.25) is 4.79 Å². The van der Waals surface area contributed by atoms with Crippen LogP contribution in [-0.2, 0) is 16.0 Å². The van der Waals surface area contributed by atoms with Crippen molar-refractivity contribution in [3.63, 3.8) is 0 Å². The smallest absolute Gasteiger partial charge is 0.310 e. The molecular weight excluding hydrogens is 238 g/mol. The van der Waals surface area contributed by atoms with Crippen molar-refractivity contribution < 1.29 is 9.53 Å². The van der Waals surface area contributed by atoms with Crippen LogP contribution in [-0.4, -0.2) is 37.6 Å². The Hall–Kier alpha value is -1.35. The zero-order valence-corrected chi connectivity index (χ0v) is 11.8. The second-order valence-electron chi connectivity index (χ2n) is 5.34. The molecule has 1 heterocycles. The summed E-state index contributed by atoms with van der Waals surface area (Å²) in [4.78, 5) is 14.3. The Kier molecular flexibility index (Phi) is 4.97. The van der Waals surface area contributed by atoms with Crippen LogP contribution in [0.3, 0.4) is 0 Å². The number of methoxy groups -OCH3 is 1. The molecule has 2 unspecified atom stereocenters. The maximum atomic E-state index is 12.0. The van der Waals surface area contributed by atoms with E-state index in [-0.39, 0.29) is 11.9 Å². The Morgan fingerprint density at radius 1 is 1.42 bits per heavy atom. The first kappa shape index (κ1) is 14.1. The van der Waals surface area contributed by atoms with Gasteiger partial charge in [-0.15, -0.1) is 0 Å². The quantitative estimate of drug-likeness (QED) is 0.763. The third kappa shape index (κ3) is 3.57. The fraction of sp³-hybridized carbons (Fsp3) is 0.562. The molecule has 1 aliphatic rings. The van der Waals surface area contributed by atoms with E-state index in [2.05, 4.69) is 24.1 Å². The van der Waals surface area contributed by atoms with E-state index < -0.39 is 0 Å². The molecule has 0 spiro atoms. The molecule has 1 aromatic rings. The maximum Gasteiger partial charge on any atom is 0.310 e. The minimum Gasteiger partial charge on any atom is -0.469 e. The van der Waals surface area contributed by atoms with E-state index in [1.807, 2.05) is 18.2 Å². The van der Waals surface area contributed by atoms with E-state index >= 15 is 0 Å². The van der Waals surface area contributed by atoms with Crippen molar-refractivity contribution in [2.75, 3.05) is 20.7 Å². The fourth-order valence-corrected chi connectivity index (χ4v) is 3.03. The Morgan fingerprint density at radius 3 is 2.74 bits per heavy atom. The predicted octanol–water partition coefficient (Wildman–Crippen LogP) is 2.50. The number of esters is 1. The van der Waals surface area contributed by atoms with Gasteiger partial charge in [0.25, 0.3) is 0 Å². The zero-order chi connectivity index (χ0) is 13.7. The van der Waals surface area contributed by atoms with Crippen molar-refractivity contribution in [1.29, 1.82) is 0 Å². The van der Waals surface area contributed by atoms with Gasteiger partial charge in [0.15, 0.2) is 0 Å². The summed E-state index contributed by atoms with van der Waals surface area (Å²) in [6.07, 6.45) is 4.09. The van der Waals surface area contributed by atoms with E-state index in [4.69, 9.17) is 4.74 Å². The first-order valence-electron chi connectivity index (χ1n) is 7.04. The highest BCUT2D eigenvalue weighted by atomic mass is 16.5. The second kappa shape index (κ2) is 6.71. The molecule has 0 saturated carbocycles. The van der Waals surface area contributed by atoms with E-state index in [1.54, 1.807) is 0 Å². The van der Waals surface area contributed by atoms with Gasteiger partial charge in [0.05, 0.1) is 13.0 Å². The third-order valence-electron chi connectivity index (χ3n) is 4.13. The minimum atomic E-state index is -0.0605. The molecule has 1 aromatic carbocycles. The topological polar surface area (TPSA) is 29.5 Å². The zero-order valence-electron chi connectivity index (χ0n) is 11.8. The number of carbonyl (C=O) groups is 1. The van der Waals surface area contributed by atoms with Gasteiger partial charge in [-0.1, -0.05) is 30.3 Å². The van der Waals surface area contributed by atoms with Crippen LogP contribution in [0.5, 0.6) is 0 Å². The molecule has 0 aromatic heterocycles. The normalized spacial score (nSPS) is 21.3. The lowest BCUT2D eigenvalue weighted by Crippen LogP contribution is -2.38. The first-order chi connectivity index (χ1) is 9.22. The number of hydrogen-bond acceptors (Lipinski definition) is 3. The largest absolute Gasteiger partial charge is 0.469 e. The highest BCUT2D eigenvalue weighted by Gasteiger charge is 2.34. The molecule has 1 fully saturated rings. The number of rotatable bonds is 5. The summed E-state index contributed by atoms with van der Waals surface area (Å²) in [7, 11) is 3.60. The van der Waals surface area contributed by atoms with Gasteiger partial charge in [-0.25, -0.2) is 0 Å². The second-order valence-corrected chi connectivity index (χ2v) is 5.34. The summed E-state index contributed by atoms with van der Waals surface area (Å²) in [6, 6.07) is 10.7. The van der Waals surface area contributed by atoms with E-state index in [9.17, 15) is 4.79 Å². The van der Waals surface area contributed by atoms with Crippen molar-refractivity contribution in [3.05, 3.63) is 35.9 Å². The molecule has 0 aliphatic carbocycles. The average Bonchev–Trinajstić information content (AvgIpc) is 2.86. The Labute approximate surface area is 115 Å². The molecule has 3 nitrogen and oxygen atoms in total. The lowest BCUT2D eigenvalue weighted by Gasteiger charge is -2.27. The first-order valence-corrected chi connectivity index (χ1v) is 7.04. The van der Waals surface area contributed by atoms with Crippen molar-refractivity contribution in [1.82, 2.24) is 4.90 Å². The number of ether oxygens (including phenoxy) is 1. The number of likely N-dealkylation sites (tertiary alicyclic amines) is 1. The van der Waals surface area contributed by atoms with Crippen LogP contribution in [0.4, 0.5) is 0 Å². The molecule has 0 bridgehead atoms. The van der Waals surface area contributed by atoms with Crippen molar-refractivity contribution in [2.24, 2.45) is 5.92 Å². The maximum absolute atomic E-state index is 12.0. The molecule has 1 saturated heterocycles. The summed E-state index contributed by atoms with van der Waals surface area (Å²) < 4.78 is 5.00. The van der Waals surface area contributed by atoms with Gasteiger partial charge in [-0.05, 0) is 44.8 Å². The fourth-order valence-electron chi connectivity index (χ4n) is 3.03. The summed E-state index contributed by atoms with van der Waals surface area (Å²) in [5.41, 5.74) is 1.29. The van der Waals surface area contributed by atoms with Gasteiger partial charge < -0.3 is 9.64 Å². The van der Waals surface area contributed by atoms with Crippen molar-refractivity contribution >= 4 is 5.97 Å². The lowest BCUT2D eigenvalue weighted by molar-refractivity contribution is -0.147. The summed E-state index contributed by atoms with van der Waals surface area (Å²) in [6.45, 7) is 1.09. The molecule has 2 atom stereocenters. The van der Waals surface area contributed by atoms with Gasteiger partial charge >= 0.3 is 5.97 Å². The Bertz CT molecular complexity index is 404. The molecule has 19 heavy (non-hydrogen) atoms. The van der Waals surface area contributed by atoms with Crippen LogP contribution in [0.25, 0.3) is 0 Å². The summed E-state index contributed by atoms with van der Waals surface area (Å²) in [5, 5.41) is 0. The van der Waals surface area contributed by atoms with Crippen molar-refractivity contribution in [3.8, 4) is 0 Å². The van der Waals surface area contributed by atoms with Crippen LogP contribution in [0.15, 0.2) is 30.3 Å². The van der Waals surface area contributed by atoms with Crippen LogP contribution in [0.1, 0.15) is 24.8 Å². The van der Waals surface area contributed by atoms with Gasteiger partial charge in [-0.2, -0.15) is 0 Å². The molecule has 104 valence electrons. The number of carbonyl (C=O) groups excluding carboxylic acids is 1. The molecule has 0 radical (unpaired) electrons. The van der Waals surface area contributed by atoms with Gasteiger partial charge in [0.1, 0.15) is 0 Å². The van der Waals surface area contributed by atoms with Crippen LogP contribution < -0.4 is 0 Å². The van der Waals surface area contributed by atoms with E-state index in [0.29, 0.717) is 6.04 Å². The van der Waals surface area contributed by atoms with Crippen molar-refractivity contribution in [2.45, 2.75) is 31.7 Å². The van der Waals surface area contributed by atoms with Gasteiger partial charge in [0, 0.05) is 6.04 Å². The molecular formula is C16H23NO2. The highest BCUT2D eigenvalue weighted by molar-refractivity contribution is 5.73. The average molecular weight is 261 g/mol.